The molecule has 0 saturated carbocycles. The van der Waals surface area contributed by atoms with E-state index in [4.69, 9.17) is 4.74 Å². The molecule has 0 atom stereocenters. The van der Waals surface area contributed by atoms with Crippen LogP contribution < -0.4 is 5.32 Å². The van der Waals surface area contributed by atoms with Crippen molar-refractivity contribution < 1.29 is 14.3 Å². The van der Waals surface area contributed by atoms with Crippen molar-refractivity contribution in [2.75, 3.05) is 12.4 Å². The first-order valence-electron chi connectivity index (χ1n) is 9.78. The van der Waals surface area contributed by atoms with Crippen LogP contribution in [0.15, 0.2) is 77.3 Å². The van der Waals surface area contributed by atoms with Gasteiger partial charge >= 0.3 is 0 Å². The van der Waals surface area contributed by atoms with Gasteiger partial charge in [0.1, 0.15) is 11.5 Å². The third kappa shape index (κ3) is 3.68. The van der Waals surface area contributed by atoms with E-state index in [0.717, 1.165) is 9.88 Å². The first kappa shape index (κ1) is 20.1. The zero-order valence-corrected chi connectivity index (χ0v) is 18.2. The second kappa shape index (κ2) is 7.58. The molecule has 0 fully saturated rings. The molecule has 30 heavy (non-hydrogen) atoms. The number of nitrogens with one attached hydrogen (secondary N) is 1. The summed E-state index contributed by atoms with van der Waals surface area (Å²) >= 11 is 1.63. The molecule has 1 aliphatic carbocycles. The summed E-state index contributed by atoms with van der Waals surface area (Å²) < 4.78 is 6.11. The largest absolute Gasteiger partial charge is 0.461 e. The fourth-order valence-corrected chi connectivity index (χ4v) is 4.14. The fraction of sp³-hybridized carbons (Fsp3) is 0.200. The van der Waals surface area contributed by atoms with Crippen LogP contribution in [0.5, 0.6) is 0 Å². The van der Waals surface area contributed by atoms with E-state index in [1.807, 2.05) is 58.2 Å². The molecular weight excluding hydrogens is 394 g/mol. The summed E-state index contributed by atoms with van der Waals surface area (Å²) in [5.74, 6) is 0.855. The average Bonchev–Trinajstić information content (AvgIpc) is 3.29. The van der Waals surface area contributed by atoms with Gasteiger partial charge in [0.05, 0.1) is 10.6 Å². The van der Waals surface area contributed by atoms with E-state index in [1.54, 1.807) is 41.7 Å². The Bertz CT molecular complexity index is 1130. The SMILES string of the molecule is CNc1ccc(C=CC2=CC(=C3C(=O)c4ccccc4C3=O)C=C(C(C)(C)C)O2)s1. The number of allylic oxidation sites excluding steroid dienone is 6. The van der Waals surface area contributed by atoms with Crippen molar-refractivity contribution in [1.29, 1.82) is 0 Å². The normalized spacial score (nSPS) is 16.5. The van der Waals surface area contributed by atoms with Gasteiger partial charge in [0, 0.05) is 28.5 Å². The van der Waals surface area contributed by atoms with Gasteiger partial charge in [0.25, 0.3) is 0 Å². The minimum Gasteiger partial charge on any atom is -0.461 e. The van der Waals surface area contributed by atoms with Gasteiger partial charge in [-0.3, -0.25) is 9.59 Å². The van der Waals surface area contributed by atoms with E-state index in [-0.39, 0.29) is 22.6 Å². The lowest BCUT2D eigenvalue weighted by Gasteiger charge is -2.27. The Morgan fingerprint density at radius 2 is 1.60 bits per heavy atom. The fourth-order valence-electron chi connectivity index (χ4n) is 3.37. The van der Waals surface area contributed by atoms with Crippen molar-refractivity contribution in [2.24, 2.45) is 5.41 Å². The number of fused-ring (bicyclic) bond motifs is 1. The van der Waals surface area contributed by atoms with Crippen molar-refractivity contribution in [3.8, 4) is 0 Å². The number of thiophene rings is 1. The van der Waals surface area contributed by atoms with E-state index in [1.165, 1.54) is 0 Å². The van der Waals surface area contributed by atoms with Gasteiger partial charge in [-0.15, -0.1) is 11.3 Å². The number of benzene rings is 1. The second-order valence-electron chi connectivity index (χ2n) is 8.23. The van der Waals surface area contributed by atoms with Crippen LogP contribution in [0.4, 0.5) is 5.00 Å². The molecule has 1 aromatic heterocycles. The topological polar surface area (TPSA) is 55.4 Å². The van der Waals surface area contributed by atoms with Gasteiger partial charge in [0.15, 0.2) is 11.6 Å². The molecule has 1 aromatic carbocycles. The zero-order chi connectivity index (χ0) is 21.5. The van der Waals surface area contributed by atoms with Gasteiger partial charge in [-0.25, -0.2) is 0 Å². The summed E-state index contributed by atoms with van der Waals surface area (Å²) in [6.45, 7) is 6.12. The maximum Gasteiger partial charge on any atom is 0.198 e. The quantitative estimate of drug-likeness (QED) is 0.490. The Hall–Kier alpha value is -3.18. The van der Waals surface area contributed by atoms with Crippen LogP contribution in [0.3, 0.4) is 0 Å². The van der Waals surface area contributed by atoms with Gasteiger partial charge in [-0.05, 0) is 42.0 Å². The van der Waals surface area contributed by atoms with Crippen LogP contribution in [0.2, 0.25) is 0 Å². The van der Waals surface area contributed by atoms with Crippen molar-refractivity contribution in [2.45, 2.75) is 20.8 Å². The Balaban J connectivity index is 1.78. The summed E-state index contributed by atoms with van der Waals surface area (Å²) in [5, 5.41) is 4.20. The van der Waals surface area contributed by atoms with E-state index in [2.05, 4.69) is 5.32 Å². The molecule has 0 saturated heterocycles. The van der Waals surface area contributed by atoms with Crippen molar-refractivity contribution in [1.82, 2.24) is 0 Å². The smallest absolute Gasteiger partial charge is 0.198 e. The molecule has 0 radical (unpaired) electrons. The minimum atomic E-state index is -0.279. The zero-order valence-electron chi connectivity index (χ0n) is 17.4. The Morgan fingerprint density at radius 1 is 0.933 bits per heavy atom. The highest BCUT2D eigenvalue weighted by molar-refractivity contribution is 7.16. The molecule has 4 rings (SSSR count). The highest BCUT2D eigenvalue weighted by atomic mass is 32.1. The van der Waals surface area contributed by atoms with E-state index in [9.17, 15) is 9.59 Å². The van der Waals surface area contributed by atoms with Crippen LogP contribution in [0.1, 0.15) is 46.4 Å². The first-order valence-corrected chi connectivity index (χ1v) is 10.6. The minimum absolute atomic E-state index is 0.209. The molecule has 0 spiro atoms. The molecule has 1 aliphatic heterocycles. The molecule has 2 heterocycles. The molecule has 1 N–H and O–H groups in total. The molecular formula is C25H23NO3S. The third-order valence-electron chi connectivity index (χ3n) is 5.00. The molecule has 0 bridgehead atoms. The molecule has 0 amide bonds. The van der Waals surface area contributed by atoms with Gasteiger partial charge in [-0.1, -0.05) is 45.0 Å². The van der Waals surface area contributed by atoms with Crippen molar-refractivity contribution >= 4 is 34.0 Å². The summed E-state index contributed by atoms with van der Waals surface area (Å²) in [4.78, 5) is 27.0. The Kier molecular flexibility index (Phi) is 5.08. The number of carbonyl (C=O) groups is 2. The number of anilines is 1. The molecule has 2 aliphatic rings. The van der Waals surface area contributed by atoms with Crippen LogP contribution in [-0.2, 0) is 4.74 Å². The van der Waals surface area contributed by atoms with Crippen LogP contribution in [-0.4, -0.2) is 18.6 Å². The predicted octanol–water partition coefficient (Wildman–Crippen LogP) is 6.02. The van der Waals surface area contributed by atoms with Crippen molar-refractivity contribution in [3.63, 3.8) is 0 Å². The second-order valence-corrected chi connectivity index (χ2v) is 9.34. The number of hydrogen-bond acceptors (Lipinski definition) is 5. The number of hydrogen-bond donors (Lipinski definition) is 1. The first-order chi connectivity index (χ1) is 14.3. The highest BCUT2D eigenvalue weighted by Crippen LogP contribution is 2.37. The maximum absolute atomic E-state index is 13.0. The third-order valence-corrected chi connectivity index (χ3v) is 6.06. The number of ketones is 2. The molecule has 5 heteroatoms. The van der Waals surface area contributed by atoms with Gasteiger partial charge in [-0.2, -0.15) is 0 Å². The monoisotopic (exact) mass is 417 g/mol. The standard InChI is InChI=1S/C25H23NO3S/c1-25(2,3)20-14-15(22-23(27)18-7-5-6-8-19(18)24(22)28)13-16(29-20)9-10-17-11-12-21(26-4)30-17/h5-14,26H,1-4H3. The Labute approximate surface area is 180 Å². The molecule has 2 aromatic rings. The van der Waals surface area contributed by atoms with Gasteiger partial charge < -0.3 is 10.1 Å². The summed E-state index contributed by atoms with van der Waals surface area (Å²) in [5.41, 5.74) is 1.45. The molecule has 4 nitrogen and oxygen atoms in total. The van der Waals surface area contributed by atoms with E-state index < -0.39 is 0 Å². The number of Topliss-reactive ketones (excluding diaryl/α,β-unsaturated/α-hetero) is 2. The van der Waals surface area contributed by atoms with Crippen LogP contribution in [0, 0.1) is 5.41 Å². The lowest BCUT2D eigenvalue weighted by atomic mass is 9.89. The maximum atomic E-state index is 13.0. The lowest BCUT2D eigenvalue weighted by molar-refractivity contribution is 0.0987. The van der Waals surface area contributed by atoms with Crippen molar-refractivity contribution in [3.05, 3.63) is 93.3 Å². The highest BCUT2D eigenvalue weighted by Gasteiger charge is 2.36. The number of rotatable bonds is 3. The average molecular weight is 418 g/mol. The number of carbonyl (C=O) groups excluding carboxylic acids is 2. The molecule has 152 valence electrons. The van der Waals surface area contributed by atoms with E-state index in [0.29, 0.717) is 28.2 Å². The van der Waals surface area contributed by atoms with Gasteiger partial charge in [0.2, 0.25) is 0 Å². The van der Waals surface area contributed by atoms with Crippen LogP contribution in [0.25, 0.3) is 6.08 Å². The summed E-state index contributed by atoms with van der Waals surface area (Å²) in [6, 6.07) is 11.0. The van der Waals surface area contributed by atoms with Crippen LogP contribution >= 0.6 is 11.3 Å². The lowest BCUT2D eigenvalue weighted by Crippen LogP contribution is -2.16. The summed E-state index contributed by atoms with van der Waals surface area (Å²) in [6.07, 6.45) is 7.44. The molecule has 0 unspecified atom stereocenters. The summed E-state index contributed by atoms with van der Waals surface area (Å²) in [7, 11) is 1.89. The van der Waals surface area contributed by atoms with E-state index >= 15 is 0 Å². The number of ether oxygens (including phenoxy) is 1. The predicted molar refractivity (Wildman–Crippen MR) is 122 cm³/mol. The Morgan fingerprint density at radius 3 is 2.17 bits per heavy atom.